The molecule has 0 aromatic heterocycles. The van der Waals surface area contributed by atoms with E-state index in [2.05, 4.69) is 5.32 Å². The molecule has 0 saturated heterocycles. The fourth-order valence-electron chi connectivity index (χ4n) is 3.95. The molecular weight excluding hydrogens is 372 g/mol. The summed E-state index contributed by atoms with van der Waals surface area (Å²) in [6, 6.07) is 5.06. The molecule has 4 heteroatoms. The molecule has 5 N–H and O–H groups in total. The average Bonchev–Trinajstić information content (AvgIpc) is 2.74. The Balaban J connectivity index is 1.73. The molecule has 0 unspecified atom stereocenters. The van der Waals surface area contributed by atoms with E-state index in [1.807, 2.05) is 6.07 Å². The number of unbranched alkanes of at least 4 members (excludes halogenated alkanes) is 15. The normalized spacial score (nSPS) is 11.2. The standard InChI is InChI=1S/C26H48N2O2/c27-20-15-13-11-9-7-5-3-1-2-4-6-8-10-12-14-16-21-28-22-19-24-17-18-25(29)26(30)23-24/h17-18,23,28-30H,1-16,19-22,27H2. The van der Waals surface area contributed by atoms with E-state index in [1.165, 1.54) is 103 Å². The van der Waals surface area contributed by atoms with Crippen molar-refractivity contribution in [3.8, 4) is 11.5 Å². The van der Waals surface area contributed by atoms with Gasteiger partial charge in [0.05, 0.1) is 0 Å². The number of nitrogens with one attached hydrogen (secondary N) is 1. The first kappa shape index (κ1) is 26.8. The summed E-state index contributed by atoms with van der Waals surface area (Å²) in [6.45, 7) is 2.84. The highest BCUT2D eigenvalue weighted by molar-refractivity contribution is 5.40. The van der Waals surface area contributed by atoms with Gasteiger partial charge in [0, 0.05) is 0 Å². The van der Waals surface area contributed by atoms with E-state index in [0.717, 1.165) is 31.6 Å². The molecule has 0 atom stereocenters. The highest BCUT2D eigenvalue weighted by Crippen LogP contribution is 2.24. The van der Waals surface area contributed by atoms with Crippen molar-refractivity contribution in [1.82, 2.24) is 5.32 Å². The zero-order valence-electron chi connectivity index (χ0n) is 19.3. The molecule has 0 aliphatic heterocycles. The first-order valence-corrected chi connectivity index (χ1v) is 12.7. The summed E-state index contributed by atoms with van der Waals surface area (Å²) >= 11 is 0. The molecule has 4 nitrogen and oxygen atoms in total. The van der Waals surface area contributed by atoms with Gasteiger partial charge in [-0.2, -0.15) is 0 Å². The first-order valence-electron chi connectivity index (χ1n) is 12.7. The van der Waals surface area contributed by atoms with Crippen LogP contribution in [0.2, 0.25) is 0 Å². The highest BCUT2D eigenvalue weighted by atomic mass is 16.3. The lowest BCUT2D eigenvalue weighted by Crippen LogP contribution is -2.18. The van der Waals surface area contributed by atoms with E-state index in [-0.39, 0.29) is 11.5 Å². The summed E-state index contributed by atoms with van der Waals surface area (Å²) in [4.78, 5) is 0. The zero-order chi connectivity index (χ0) is 21.7. The molecule has 0 amide bonds. The Morgan fingerprint density at radius 2 is 1.03 bits per heavy atom. The lowest BCUT2D eigenvalue weighted by molar-refractivity contribution is 0.403. The van der Waals surface area contributed by atoms with Gasteiger partial charge >= 0.3 is 0 Å². The van der Waals surface area contributed by atoms with Crippen molar-refractivity contribution < 1.29 is 10.2 Å². The second-order valence-electron chi connectivity index (χ2n) is 8.77. The van der Waals surface area contributed by atoms with E-state index >= 15 is 0 Å². The predicted octanol–water partition coefficient (Wildman–Crippen LogP) is 6.43. The molecule has 0 aliphatic rings. The molecule has 174 valence electrons. The molecule has 0 fully saturated rings. The van der Waals surface area contributed by atoms with Gasteiger partial charge in [0.1, 0.15) is 0 Å². The third-order valence-corrected chi connectivity index (χ3v) is 5.94. The Bertz CT molecular complexity index is 508. The lowest BCUT2D eigenvalue weighted by Gasteiger charge is -2.06. The fraction of sp³-hybridized carbons (Fsp3) is 0.769. The molecule has 1 aromatic carbocycles. The van der Waals surface area contributed by atoms with Gasteiger partial charge in [-0.05, 0) is 56.6 Å². The number of hydrogen-bond donors (Lipinski definition) is 4. The summed E-state index contributed by atoms with van der Waals surface area (Å²) in [5.74, 6) is -0.0794. The van der Waals surface area contributed by atoms with Crippen LogP contribution in [0.3, 0.4) is 0 Å². The van der Waals surface area contributed by atoms with Crippen LogP contribution in [-0.2, 0) is 6.42 Å². The van der Waals surface area contributed by atoms with E-state index in [0.29, 0.717) is 0 Å². The van der Waals surface area contributed by atoms with Gasteiger partial charge in [0.15, 0.2) is 11.5 Å². The molecule has 0 saturated carbocycles. The van der Waals surface area contributed by atoms with Crippen molar-refractivity contribution in [3.63, 3.8) is 0 Å². The number of hydrogen-bond acceptors (Lipinski definition) is 4. The minimum absolute atomic E-state index is 0.0304. The predicted molar refractivity (Wildman–Crippen MR) is 129 cm³/mol. The minimum Gasteiger partial charge on any atom is -0.504 e. The Morgan fingerprint density at radius 1 is 0.567 bits per heavy atom. The van der Waals surface area contributed by atoms with Gasteiger partial charge in [-0.15, -0.1) is 0 Å². The topological polar surface area (TPSA) is 78.5 Å². The SMILES string of the molecule is NCCCCCCCCCCCCCCCCCCNCCc1ccc(O)c(O)c1. The molecule has 0 bridgehead atoms. The van der Waals surface area contributed by atoms with Crippen molar-refractivity contribution in [3.05, 3.63) is 23.8 Å². The maximum Gasteiger partial charge on any atom is 0.157 e. The van der Waals surface area contributed by atoms with E-state index < -0.39 is 0 Å². The number of rotatable bonds is 21. The summed E-state index contributed by atoms with van der Waals surface area (Å²) in [5.41, 5.74) is 6.57. The van der Waals surface area contributed by atoms with Crippen molar-refractivity contribution in [2.45, 2.75) is 109 Å². The van der Waals surface area contributed by atoms with Crippen molar-refractivity contribution in [2.75, 3.05) is 19.6 Å². The summed E-state index contributed by atoms with van der Waals surface area (Å²) in [5, 5.41) is 22.3. The second-order valence-corrected chi connectivity index (χ2v) is 8.77. The smallest absolute Gasteiger partial charge is 0.157 e. The number of nitrogens with two attached hydrogens (primary N) is 1. The molecule has 1 rings (SSSR count). The third kappa shape index (κ3) is 15.6. The van der Waals surface area contributed by atoms with Crippen LogP contribution < -0.4 is 11.1 Å². The third-order valence-electron chi connectivity index (χ3n) is 5.94. The lowest BCUT2D eigenvalue weighted by atomic mass is 10.0. The Kier molecular flexibility index (Phi) is 17.6. The van der Waals surface area contributed by atoms with Crippen LogP contribution >= 0.6 is 0 Å². The molecular formula is C26H48N2O2. The number of phenols is 2. The monoisotopic (exact) mass is 420 g/mol. The largest absolute Gasteiger partial charge is 0.504 e. The van der Waals surface area contributed by atoms with Crippen molar-refractivity contribution in [1.29, 1.82) is 0 Å². The molecule has 1 aromatic rings. The molecule has 0 aliphatic carbocycles. The van der Waals surface area contributed by atoms with Crippen LogP contribution in [0, 0.1) is 0 Å². The molecule has 0 radical (unpaired) electrons. The van der Waals surface area contributed by atoms with Crippen LogP contribution in [0.4, 0.5) is 0 Å². The van der Waals surface area contributed by atoms with Gasteiger partial charge in [0.2, 0.25) is 0 Å². The van der Waals surface area contributed by atoms with Gasteiger partial charge in [-0.1, -0.05) is 96.0 Å². The number of benzene rings is 1. The summed E-state index contributed by atoms with van der Waals surface area (Å²) in [6.07, 6.45) is 22.8. The van der Waals surface area contributed by atoms with Crippen molar-refractivity contribution >= 4 is 0 Å². The maximum absolute atomic E-state index is 9.49. The van der Waals surface area contributed by atoms with Crippen LogP contribution in [0.5, 0.6) is 11.5 Å². The zero-order valence-corrected chi connectivity index (χ0v) is 19.3. The number of phenolic OH excluding ortho intramolecular Hbond substituents is 2. The Morgan fingerprint density at radius 3 is 1.50 bits per heavy atom. The Labute approximate surface area is 185 Å². The average molecular weight is 421 g/mol. The van der Waals surface area contributed by atoms with Gasteiger partial charge in [-0.3, -0.25) is 0 Å². The number of aromatic hydroxyl groups is 2. The van der Waals surface area contributed by atoms with E-state index in [9.17, 15) is 10.2 Å². The van der Waals surface area contributed by atoms with E-state index in [1.54, 1.807) is 12.1 Å². The molecule has 30 heavy (non-hydrogen) atoms. The van der Waals surface area contributed by atoms with Crippen LogP contribution in [0.1, 0.15) is 108 Å². The van der Waals surface area contributed by atoms with Gasteiger partial charge in [0.25, 0.3) is 0 Å². The van der Waals surface area contributed by atoms with Gasteiger partial charge in [-0.25, -0.2) is 0 Å². The second kappa shape index (κ2) is 19.7. The summed E-state index contributed by atoms with van der Waals surface area (Å²) < 4.78 is 0. The quantitative estimate of drug-likeness (QED) is 0.136. The Hall–Kier alpha value is -1.26. The van der Waals surface area contributed by atoms with Crippen LogP contribution in [0.25, 0.3) is 0 Å². The summed E-state index contributed by atoms with van der Waals surface area (Å²) in [7, 11) is 0. The minimum atomic E-state index is -0.0491. The first-order chi connectivity index (χ1) is 14.7. The van der Waals surface area contributed by atoms with Crippen molar-refractivity contribution in [2.24, 2.45) is 5.73 Å². The molecule has 0 spiro atoms. The molecule has 0 heterocycles. The van der Waals surface area contributed by atoms with Crippen LogP contribution in [0.15, 0.2) is 18.2 Å². The van der Waals surface area contributed by atoms with Crippen LogP contribution in [-0.4, -0.2) is 29.8 Å². The highest BCUT2D eigenvalue weighted by Gasteiger charge is 2.00. The van der Waals surface area contributed by atoms with E-state index in [4.69, 9.17) is 5.73 Å². The van der Waals surface area contributed by atoms with Gasteiger partial charge < -0.3 is 21.3 Å². The fourth-order valence-corrected chi connectivity index (χ4v) is 3.95. The maximum atomic E-state index is 9.49.